The van der Waals surface area contributed by atoms with Gasteiger partial charge in [-0.05, 0) is 26.8 Å². The molecule has 0 aliphatic heterocycles. The molecule has 0 amide bonds. The third-order valence-corrected chi connectivity index (χ3v) is 3.80. The summed E-state index contributed by atoms with van der Waals surface area (Å²) in [5.41, 5.74) is 2.78. The molecule has 0 fully saturated rings. The van der Waals surface area contributed by atoms with Gasteiger partial charge in [-0.25, -0.2) is 4.98 Å². The van der Waals surface area contributed by atoms with Crippen LogP contribution in [0.2, 0.25) is 0 Å². The Morgan fingerprint density at radius 3 is 2.76 bits per heavy atom. The van der Waals surface area contributed by atoms with E-state index in [4.69, 9.17) is 5.26 Å². The highest BCUT2D eigenvalue weighted by molar-refractivity contribution is 7.10. The van der Waals surface area contributed by atoms with Crippen LogP contribution in [-0.2, 0) is 5.41 Å². The second kappa shape index (κ2) is 4.31. The number of hydrogen-bond acceptors (Lipinski definition) is 3. The fraction of sp³-hybridized carbons (Fsp3) is 0.286. The van der Waals surface area contributed by atoms with Crippen LogP contribution < -0.4 is 0 Å². The van der Waals surface area contributed by atoms with Gasteiger partial charge in [-0.15, -0.1) is 11.3 Å². The van der Waals surface area contributed by atoms with Crippen LogP contribution >= 0.6 is 11.3 Å². The molecule has 0 bridgehead atoms. The standard InChI is InChI=1S/C14H14N2S/c1-10-5-4-6-11(7-10)12-8-17-13(16-12)14(2,3)9-15/h4-8H,1-3H3. The van der Waals surface area contributed by atoms with Crippen molar-refractivity contribution in [3.05, 3.63) is 40.2 Å². The zero-order valence-electron chi connectivity index (χ0n) is 10.2. The second-order valence-electron chi connectivity index (χ2n) is 4.64. The number of aromatic nitrogens is 1. The van der Waals surface area contributed by atoms with E-state index >= 15 is 0 Å². The fourth-order valence-corrected chi connectivity index (χ4v) is 2.45. The molecular formula is C14H14N2S. The summed E-state index contributed by atoms with van der Waals surface area (Å²) in [6.07, 6.45) is 0. The highest BCUT2D eigenvalue weighted by Crippen LogP contribution is 2.29. The van der Waals surface area contributed by atoms with Crippen molar-refractivity contribution in [2.75, 3.05) is 0 Å². The molecule has 0 unspecified atom stereocenters. The minimum absolute atomic E-state index is 0.507. The van der Waals surface area contributed by atoms with E-state index in [0.29, 0.717) is 0 Å². The summed E-state index contributed by atoms with van der Waals surface area (Å²) in [6.45, 7) is 5.85. The van der Waals surface area contributed by atoms with Crippen molar-refractivity contribution >= 4 is 11.3 Å². The molecule has 0 N–H and O–H groups in total. The number of benzene rings is 1. The molecule has 86 valence electrons. The van der Waals surface area contributed by atoms with E-state index in [1.54, 1.807) is 11.3 Å². The van der Waals surface area contributed by atoms with E-state index in [0.717, 1.165) is 16.3 Å². The van der Waals surface area contributed by atoms with Gasteiger partial charge >= 0.3 is 0 Å². The third-order valence-electron chi connectivity index (χ3n) is 2.63. The molecule has 0 spiro atoms. The lowest BCUT2D eigenvalue weighted by molar-refractivity contribution is 0.680. The molecule has 0 saturated heterocycles. The van der Waals surface area contributed by atoms with Crippen LogP contribution in [0.4, 0.5) is 0 Å². The van der Waals surface area contributed by atoms with Gasteiger partial charge in [0, 0.05) is 10.9 Å². The normalized spacial score (nSPS) is 11.2. The maximum absolute atomic E-state index is 9.09. The predicted octanol–water partition coefficient (Wildman–Crippen LogP) is 3.92. The summed E-state index contributed by atoms with van der Waals surface area (Å²) >= 11 is 1.55. The smallest absolute Gasteiger partial charge is 0.113 e. The third kappa shape index (κ3) is 2.37. The van der Waals surface area contributed by atoms with Crippen LogP contribution in [0.25, 0.3) is 11.3 Å². The monoisotopic (exact) mass is 242 g/mol. The van der Waals surface area contributed by atoms with Crippen molar-refractivity contribution in [2.45, 2.75) is 26.2 Å². The summed E-state index contributed by atoms with van der Waals surface area (Å²) < 4.78 is 0. The Morgan fingerprint density at radius 2 is 2.12 bits per heavy atom. The van der Waals surface area contributed by atoms with Crippen LogP contribution in [0.1, 0.15) is 24.4 Å². The molecule has 0 radical (unpaired) electrons. The number of thiazole rings is 1. The van der Waals surface area contributed by atoms with Crippen LogP contribution in [-0.4, -0.2) is 4.98 Å². The molecular weight excluding hydrogens is 228 g/mol. The van der Waals surface area contributed by atoms with Gasteiger partial charge in [0.15, 0.2) is 0 Å². The summed E-state index contributed by atoms with van der Waals surface area (Å²) in [5.74, 6) is 0. The molecule has 0 atom stereocenters. The zero-order valence-corrected chi connectivity index (χ0v) is 11.0. The largest absolute Gasteiger partial charge is 0.240 e. The molecule has 2 nitrogen and oxygen atoms in total. The number of hydrogen-bond donors (Lipinski definition) is 0. The van der Waals surface area contributed by atoms with Gasteiger partial charge in [0.1, 0.15) is 10.4 Å². The van der Waals surface area contributed by atoms with E-state index in [1.165, 1.54) is 5.56 Å². The first-order valence-corrected chi connectivity index (χ1v) is 6.35. The van der Waals surface area contributed by atoms with Crippen molar-refractivity contribution in [3.63, 3.8) is 0 Å². The minimum Gasteiger partial charge on any atom is -0.240 e. The van der Waals surface area contributed by atoms with Gasteiger partial charge in [-0.2, -0.15) is 5.26 Å². The van der Waals surface area contributed by atoms with Gasteiger partial charge in [0.05, 0.1) is 11.8 Å². The molecule has 3 heteroatoms. The van der Waals surface area contributed by atoms with Crippen molar-refractivity contribution in [1.29, 1.82) is 5.26 Å². The van der Waals surface area contributed by atoms with Gasteiger partial charge in [0.25, 0.3) is 0 Å². The molecule has 1 aromatic heterocycles. The van der Waals surface area contributed by atoms with E-state index in [1.807, 2.05) is 31.4 Å². The molecule has 1 heterocycles. The number of nitrogens with zero attached hydrogens (tertiary/aromatic N) is 2. The molecule has 2 rings (SSSR count). The van der Waals surface area contributed by atoms with Gasteiger partial charge in [0.2, 0.25) is 0 Å². The Hall–Kier alpha value is -1.66. The van der Waals surface area contributed by atoms with Gasteiger partial charge in [-0.3, -0.25) is 0 Å². The average Bonchev–Trinajstić information content (AvgIpc) is 2.79. The Bertz CT molecular complexity index is 576. The van der Waals surface area contributed by atoms with Crippen LogP contribution in [0, 0.1) is 18.3 Å². The summed E-state index contributed by atoms with van der Waals surface area (Å²) in [4.78, 5) is 4.56. The fourth-order valence-electron chi connectivity index (χ4n) is 1.55. The van der Waals surface area contributed by atoms with Crippen LogP contribution in [0.3, 0.4) is 0 Å². The quantitative estimate of drug-likeness (QED) is 0.800. The summed E-state index contributed by atoms with van der Waals surface area (Å²) in [5, 5.41) is 12.0. The van der Waals surface area contributed by atoms with Crippen molar-refractivity contribution in [1.82, 2.24) is 4.98 Å². The molecule has 2 aromatic rings. The maximum Gasteiger partial charge on any atom is 0.113 e. The lowest BCUT2D eigenvalue weighted by atomic mass is 9.97. The Labute approximate surface area is 106 Å². The SMILES string of the molecule is Cc1cccc(-c2csc(C(C)(C)C#N)n2)c1. The van der Waals surface area contributed by atoms with E-state index in [9.17, 15) is 0 Å². The minimum atomic E-state index is -0.507. The maximum atomic E-state index is 9.09. The van der Waals surface area contributed by atoms with Gasteiger partial charge in [-0.1, -0.05) is 23.8 Å². The Balaban J connectivity index is 2.41. The molecule has 0 aliphatic carbocycles. The highest BCUT2D eigenvalue weighted by atomic mass is 32.1. The van der Waals surface area contributed by atoms with Crippen molar-refractivity contribution in [3.8, 4) is 17.3 Å². The molecule has 1 aromatic carbocycles. The first kappa shape index (κ1) is 11.8. The topological polar surface area (TPSA) is 36.7 Å². The zero-order chi connectivity index (χ0) is 12.5. The summed E-state index contributed by atoms with van der Waals surface area (Å²) in [7, 11) is 0. The van der Waals surface area contributed by atoms with Crippen molar-refractivity contribution < 1.29 is 0 Å². The van der Waals surface area contributed by atoms with Crippen molar-refractivity contribution in [2.24, 2.45) is 0 Å². The van der Waals surface area contributed by atoms with Crippen LogP contribution in [0.5, 0.6) is 0 Å². The van der Waals surface area contributed by atoms with E-state index in [-0.39, 0.29) is 0 Å². The van der Waals surface area contributed by atoms with E-state index in [2.05, 4.69) is 30.1 Å². The first-order valence-electron chi connectivity index (χ1n) is 5.47. The summed E-state index contributed by atoms with van der Waals surface area (Å²) in [6, 6.07) is 10.5. The number of nitriles is 1. The highest BCUT2D eigenvalue weighted by Gasteiger charge is 2.23. The second-order valence-corrected chi connectivity index (χ2v) is 5.50. The molecule has 17 heavy (non-hydrogen) atoms. The van der Waals surface area contributed by atoms with E-state index < -0.39 is 5.41 Å². The first-order chi connectivity index (χ1) is 8.03. The van der Waals surface area contributed by atoms with Crippen LogP contribution in [0.15, 0.2) is 29.6 Å². The predicted molar refractivity (Wildman–Crippen MR) is 70.9 cm³/mol. The Kier molecular flexibility index (Phi) is 2.99. The number of aryl methyl sites for hydroxylation is 1. The van der Waals surface area contributed by atoms with Gasteiger partial charge < -0.3 is 0 Å². The lowest BCUT2D eigenvalue weighted by Gasteiger charge is -2.09. The lowest BCUT2D eigenvalue weighted by Crippen LogP contribution is -2.13. The Morgan fingerprint density at radius 1 is 1.35 bits per heavy atom. The molecule has 0 saturated carbocycles. The average molecular weight is 242 g/mol. The molecule has 0 aliphatic rings. The number of rotatable bonds is 2.